The van der Waals surface area contributed by atoms with E-state index in [1.54, 1.807) is 24.0 Å². The van der Waals surface area contributed by atoms with E-state index >= 15 is 0 Å². The third kappa shape index (κ3) is 8.24. The van der Waals surface area contributed by atoms with Crippen molar-refractivity contribution in [2.75, 3.05) is 52.5 Å². The van der Waals surface area contributed by atoms with Crippen molar-refractivity contribution in [2.45, 2.75) is 88.8 Å². The molecule has 3 amide bonds. The first-order valence-electron chi connectivity index (χ1n) is 18.5. The largest absolute Gasteiger partial charge is 0.455 e. The van der Waals surface area contributed by atoms with E-state index in [0.29, 0.717) is 57.6 Å². The Balaban J connectivity index is 1.46. The molecular weight excluding hydrogens is 652 g/mol. The average molecular weight is 709 g/mol. The maximum atomic E-state index is 14.8. The number of nitrogens with zero attached hydrogens (tertiary/aromatic N) is 3. The van der Waals surface area contributed by atoms with Gasteiger partial charge in [0.05, 0.1) is 49.8 Å². The fraction of sp³-hybridized carbons (Fsp3) is 0.641. The summed E-state index contributed by atoms with van der Waals surface area (Å²) in [5, 5.41) is 13.6. The van der Waals surface area contributed by atoms with Gasteiger partial charge in [0.15, 0.2) is 0 Å². The fourth-order valence-corrected chi connectivity index (χ4v) is 8.50. The predicted octanol–water partition coefficient (Wildman–Crippen LogP) is 2.87. The number of benzene rings is 1. The SMILES string of the molecule is C=CCCC(=O)N[C@@H](C)[C@H](OC(=O)[C@@H]1[C@H]2C(=O)N([C@@H](CO)CC(C)C)[C@H](C(=O)N(CC=C)CCN3CCOCC3)[C@]23CC[C@H]1O3)c1ccccc1. The van der Waals surface area contributed by atoms with E-state index in [1.807, 2.05) is 44.2 Å². The highest BCUT2D eigenvalue weighted by Crippen LogP contribution is 2.59. The second-order valence-corrected chi connectivity index (χ2v) is 14.7. The van der Waals surface area contributed by atoms with E-state index in [4.69, 9.17) is 14.2 Å². The van der Waals surface area contributed by atoms with Crippen LogP contribution in [0.15, 0.2) is 55.6 Å². The number of esters is 1. The normalized spacial score (nSPS) is 27.5. The summed E-state index contributed by atoms with van der Waals surface area (Å²) in [4.78, 5) is 62.2. The van der Waals surface area contributed by atoms with Crippen molar-refractivity contribution in [2.24, 2.45) is 17.8 Å². The molecule has 1 aromatic rings. The molecule has 12 nitrogen and oxygen atoms in total. The first-order chi connectivity index (χ1) is 24.6. The zero-order chi connectivity index (χ0) is 36.7. The quantitative estimate of drug-likeness (QED) is 0.174. The van der Waals surface area contributed by atoms with Gasteiger partial charge < -0.3 is 34.4 Å². The lowest BCUT2D eigenvalue weighted by Gasteiger charge is -2.40. The van der Waals surface area contributed by atoms with Gasteiger partial charge in [0.2, 0.25) is 17.7 Å². The Bertz CT molecular complexity index is 1400. The standard InChI is InChI=1S/C39H56N4O8/c1-6-8-14-31(45)40-27(5)34(28-12-10-9-11-13-28)50-38(48)32-30-15-16-39(51-30)33(32)36(46)43(29(25-44)24-26(3)4)35(39)37(47)42(17-7-2)19-18-41-20-22-49-23-21-41/h6-7,9-13,26-27,29-30,32-35,44H,1-2,8,14-25H2,3-5H3,(H,40,45)/t27-,29+,30+,32-,33-,34-,35+,39-/m0/s1. The summed E-state index contributed by atoms with van der Waals surface area (Å²) in [5.41, 5.74) is -0.552. The van der Waals surface area contributed by atoms with Crippen molar-refractivity contribution in [3.05, 3.63) is 61.2 Å². The van der Waals surface area contributed by atoms with Crippen LogP contribution in [0.25, 0.3) is 0 Å². The lowest BCUT2D eigenvalue weighted by Crippen LogP contribution is -2.59. The number of amides is 3. The number of hydrogen-bond donors (Lipinski definition) is 2. The van der Waals surface area contributed by atoms with Crippen LogP contribution in [-0.2, 0) is 33.4 Å². The van der Waals surface area contributed by atoms with Gasteiger partial charge in [-0.1, -0.05) is 56.3 Å². The van der Waals surface area contributed by atoms with Crippen molar-refractivity contribution in [1.29, 1.82) is 0 Å². The number of carbonyl (C=O) groups excluding carboxylic acids is 4. The molecule has 4 aliphatic heterocycles. The molecule has 1 aromatic carbocycles. The predicted molar refractivity (Wildman–Crippen MR) is 191 cm³/mol. The van der Waals surface area contributed by atoms with E-state index in [-0.39, 0.29) is 43.2 Å². The Morgan fingerprint density at radius 3 is 2.51 bits per heavy atom. The minimum absolute atomic E-state index is 0.127. The van der Waals surface area contributed by atoms with Crippen molar-refractivity contribution in [3.63, 3.8) is 0 Å². The maximum absolute atomic E-state index is 14.8. The Labute approximate surface area is 302 Å². The fourth-order valence-electron chi connectivity index (χ4n) is 8.50. The molecule has 280 valence electrons. The molecule has 2 N–H and O–H groups in total. The summed E-state index contributed by atoms with van der Waals surface area (Å²) in [6.07, 6.45) is 4.05. The van der Waals surface area contributed by atoms with Gasteiger partial charge in [-0.15, -0.1) is 13.2 Å². The highest BCUT2D eigenvalue weighted by Gasteiger charge is 2.75. The van der Waals surface area contributed by atoms with E-state index in [1.165, 1.54) is 4.90 Å². The summed E-state index contributed by atoms with van der Waals surface area (Å²) in [5.74, 6) is -3.23. The van der Waals surface area contributed by atoms with Crippen LogP contribution in [0.3, 0.4) is 0 Å². The Kier molecular flexibility index (Phi) is 13.1. The number of aliphatic hydroxyl groups excluding tert-OH is 1. The van der Waals surface area contributed by atoms with E-state index in [0.717, 1.165) is 13.1 Å². The molecule has 4 saturated heterocycles. The third-order valence-corrected chi connectivity index (χ3v) is 10.8. The molecule has 5 rings (SSSR count). The minimum Gasteiger partial charge on any atom is -0.455 e. The monoisotopic (exact) mass is 708 g/mol. The molecule has 0 unspecified atom stereocenters. The summed E-state index contributed by atoms with van der Waals surface area (Å²) in [6, 6.07) is 6.97. The molecule has 51 heavy (non-hydrogen) atoms. The van der Waals surface area contributed by atoms with Crippen molar-refractivity contribution in [1.82, 2.24) is 20.0 Å². The first-order valence-corrected chi connectivity index (χ1v) is 18.5. The van der Waals surface area contributed by atoms with Gasteiger partial charge in [-0.05, 0) is 44.1 Å². The number of nitrogens with one attached hydrogen (secondary N) is 1. The average Bonchev–Trinajstić information content (AvgIpc) is 3.78. The van der Waals surface area contributed by atoms with Crippen LogP contribution in [0, 0.1) is 17.8 Å². The molecule has 12 heteroatoms. The van der Waals surface area contributed by atoms with Crippen LogP contribution in [0.1, 0.15) is 64.5 Å². The molecule has 4 fully saturated rings. The molecule has 0 aliphatic carbocycles. The summed E-state index contributed by atoms with van der Waals surface area (Å²) in [6.45, 7) is 17.2. The number of morpholine rings is 1. The third-order valence-electron chi connectivity index (χ3n) is 10.8. The molecule has 2 bridgehead atoms. The number of fused-ring (bicyclic) bond motifs is 1. The van der Waals surface area contributed by atoms with Crippen LogP contribution in [-0.4, -0.2) is 126 Å². The highest BCUT2D eigenvalue weighted by molar-refractivity contribution is 5.98. The summed E-state index contributed by atoms with van der Waals surface area (Å²) < 4.78 is 18.5. The Hall–Kier alpha value is -3.58. The number of hydrogen-bond acceptors (Lipinski definition) is 9. The lowest BCUT2D eigenvalue weighted by molar-refractivity contribution is -0.162. The zero-order valence-corrected chi connectivity index (χ0v) is 30.4. The summed E-state index contributed by atoms with van der Waals surface area (Å²) in [7, 11) is 0. The highest BCUT2D eigenvalue weighted by atomic mass is 16.6. The molecule has 4 aliphatic rings. The van der Waals surface area contributed by atoms with Gasteiger partial charge in [-0.25, -0.2) is 0 Å². The molecule has 4 heterocycles. The van der Waals surface area contributed by atoms with Gasteiger partial charge in [-0.3, -0.25) is 24.1 Å². The van der Waals surface area contributed by atoms with Gasteiger partial charge in [0, 0.05) is 39.1 Å². The van der Waals surface area contributed by atoms with Crippen molar-refractivity contribution in [3.8, 4) is 0 Å². The Morgan fingerprint density at radius 1 is 1.14 bits per heavy atom. The van der Waals surface area contributed by atoms with Gasteiger partial charge in [-0.2, -0.15) is 0 Å². The molecule has 1 spiro atoms. The first kappa shape index (κ1) is 38.6. The molecule has 0 radical (unpaired) electrons. The van der Waals surface area contributed by atoms with Gasteiger partial charge in [0.25, 0.3) is 0 Å². The molecule has 0 aromatic heterocycles. The summed E-state index contributed by atoms with van der Waals surface area (Å²) >= 11 is 0. The van der Waals surface area contributed by atoms with Crippen LogP contribution >= 0.6 is 0 Å². The molecule has 8 atom stereocenters. The van der Waals surface area contributed by atoms with Crippen LogP contribution in [0.4, 0.5) is 0 Å². The Morgan fingerprint density at radius 2 is 1.86 bits per heavy atom. The zero-order valence-electron chi connectivity index (χ0n) is 30.4. The number of carbonyl (C=O) groups is 4. The van der Waals surface area contributed by atoms with Crippen LogP contribution < -0.4 is 5.32 Å². The van der Waals surface area contributed by atoms with Gasteiger partial charge in [0.1, 0.15) is 17.7 Å². The van der Waals surface area contributed by atoms with E-state index in [9.17, 15) is 24.3 Å². The molecule has 0 saturated carbocycles. The second-order valence-electron chi connectivity index (χ2n) is 14.7. The number of aliphatic hydroxyl groups is 1. The number of likely N-dealkylation sites (tertiary alicyclic amines) is 1. The van der Waals surface area contributed by atoms with E-state index < -0.39 is 53.7 Å². The van der Waals surface area contributed by atoms with Gasteiger partial charge >= 0.3 is 5.97 Å². The van der Waals surface area contributed by atoms with E-state index in [2.05, 4.69) is 23.4 Å². The van der Waals surface area contributed by atoms with Crippen molar-refractivity contribution < 1.29 is 38.5 Å². The topological polar surface area (TPSA) is 138 Å². The van der Waals surface area contributed by atoms with Crippen molar-refractivity contribution >= 4 is 23.7 Å². The van der Waals surface area contributed by atoms with Crippen LogP contribution in [0.2, 0.25) is 0 Å². The maximum Gasteiger partial charge on any atom is 0.313 e. The second kappa shape index (κ2) is 17.3. The number of rotatable bonds is 18. The lowest BCUT2D eigenvalue weighted by atomic mass is 9.70. The number of ether oxygens (including phenoxy) is 3. The minimum atomic E-state index is -1.25. The van der Waals surface area contributed by atoms with Crippen LogP contribution in [0.5, 0.6) is 0 Å². The molecular formula is C39H56N4O8. The smallest absolute Gasteiger partial charge is 0.313 e. The number of allylic oxidation sites excluding steroid dienone is 1.